The van der Waals surface area contributed by atoms with Gasteiger partial charge in [0.2, 0.25) is 17.8 Å². The van der Waals surface area contributed by atoms with Crippen LogP contribution in [0.3, 0.4) is 0 Å². The van der Waals surface area contributed by atoms with Crippen LogP contribution >= 0.6 is 50.5 Å². The summed E-state index contributed by atoms with van der Waals surface area (Å²) in [6, 6.07) is 0. The SMILES string of the molecule is CN(CCS)c1nc(N(C)CCS)nc(N(CCS)CCS)n1. The second-order valence-corrected chi connectivity index (χ2v) is 6.75. The van der Waals surface area contributed by atoms with Crippen molar-refractivity contribution in [1.82, 2.24) is 15.0 Å². The van der Waals surface area contributed by atoms with Crippen molar-refractivity contribution in [3.8, 4) is 0 Å². The van der Waals surface area contributed by atoms with Gasteiger partial charge in [-0.15, -0.1) is 0 Å². The number of anilines is 3. The van der Waals surface area contributed by atoms with Crippen molar-refractivity contribution in [2.75, 3.05) is 78.0 Å². The van der Waals surface area contributed by atoms with Crippen molar-refractivity contribution in [2.24, 2.45) is 0 Å². The first-order chi connectivity index (χ1) is 11.1. The largest absolute Gasteiger partial charge is 0.343 e. The summed E-state index contributed by atoms with van der Waals surface area (Å²) in [7, 11) is 3.92. The molecule has 1 aromatic rings. The van der Waals surface area contributed by atoms with Crippen molar-refractivity contribution in [1.29, 1.82) is 0 Å². The number of hydrogen-bond acceptors (Lipinski definition) is 10. The lowest BCUT2D eigenvalue weighted by Crippen LogP contribution is -2.32. The molecule has 23 heavy (non-hydrogen) atoms. The minimum Gasteiger partial charge on any atom is -0.343 e. The Morgan fingerprint density at radius 2 is 0.957 bits per heavy atom. The molecule has 0 aromatic carbocycles. The zero-order valence-corrected chi connectivity index (χ0v) is 17.2. The van der Waals surface area contributed by atoms with Crippen molar-refractivity contribution in [2.45, 2.75) is 0 Å². The van der Waals surface area contributed by atoms with Crippen molar-refractivity contribution in [3.63, 3.8) is 0 Å². The first-order valence-corrected chi connectivity index (χ1v) is 9.97. The molecule has 0 spiro atoms. The molecule has 0 N–H and O–H groups in total. The van der Waals surface area contributed by atoms with Gasteiger partial charge in [0.05, 0.1) is 0 Å². The zero-order chi connectivity index (χ0) is 17.2. The lowest BCUT2D eigenvalue weighted by Gasteiger charge is -2.25. The van der Waals surface area contributed by atoms with Gasteiger partial charge in [-0.1, -0.05) is 0 Å². The Balaban J connectivity index is 3.20. The molecule has 1 rings (SSSR count). The Kier molecular flexibility index (Phi) is 10.3. The summed E-state index contributed by atoms with van der Waals surface area (Å²) >= 11 is 17.2. The molecule has 1 heterocycles. The molecule has 0 radical (unpaired) electrons. The highest BCUT2D eigenvalue weighted by atomic mass is 32.1. The predicted molar refractivity (Wildman–Crippen MR) is 114 cm³/mol. The smallest absolute Gasteiger partial charge is 0.232 e. The van der Waals surface area contributed by atoms with Gasteiger partial charge < -0.3 is 14.7 Å². The molecule has 0 unspecified atom stereocenters. The van der Waals surface area contributed by atoms with Crippen LogP contribution in [0.4, 0.5) is 17.8 Å². The van der Waals surface area contributed by atoms with E-state index < -0.39 is 0 Å². The standard InChI is InChI=1S/C13H26N6S4/c1-17(3-7-20)11-14-12(18(2)4-8-21)16-13(15-11)19(5-9-22)6-10-23/h20-23H,3-10H2,1-2H3. The predicted octanol–water partition coefficient (Wildman–Crippen LogP) is 1.27. The third-order valence-electron chi connectivity index (χ3n) is 3.18. The van der Waals surface area contributed by atoms with Crippen LogP contribution in [0, 0.1) is 0 Å². The first-order valence-electron chi connectivity index (χ1n) is 7.44. The summed E-state index contributed by atoms with van der Waals surface area (Å²) in [6.45, 7) is 3.06. The Morgan fingerprint density at radius 3 is 1.30 bits per heavy atom. The Hall–Kier alpha value is -0.190. The highest BCUT2D eigenvalue weighted by Crippen LogP contribution is 2.18. The number of nitrogens with zero attached hydrogens (tertiary/aromatic N) is 6. The van der Waals surface area contributed by atoms with E-state index in [1.807, 2.05) is 23.9 Å². The molecular formula is C13H26N6S4. The Morgan fingerprint density at radius 1 is 0.609 bits per heavy atom. The van der Waals surface area contributed by atoms with Crippen LogP contribution in [-0.2, 0) is 0 Å². The molecule has 0 aliphatic heterocycles. The summed E-state index contributed by atoms with van der Waals surface area (Å²) < 4.78 is 0. The van der Waals surface area contributed by atoms with Crippen molar-refractivity contribution in [3.05, 3.63) is 0 Å². The molecule has 0 aliphatic rings. The van der Waals surface area contributed by atoms with E-state index in [4.69, 9.17) is 0 Å². The number of rotatable bonds is 11. The maximum atomic E-state index is 4.61. The molecule has 0 atom stereocenters. The van der Waals surface area contributed by atoms with Crippen LogP contribution in [0.5, 0.6) is 0 Å². The van der Waals surface area contributed by atoms with Gasteiger partial charge in [0.1, 0.15) is 0 Å². The third-order valence-corrected chi connectivity index (χ3v) is 3.98. The summed E-state index contributed by atoms with van der Waals surface area (Å²) in [5, 5.41) is 0. The van der Waals surface area contributed by atoms with E-state index in [9.17, 15) is 0 Å². The molecule has 0 aliphatic carbocycles. The maximum Gasteiger partial charge on any atom is 0.232 e. The van der Waals surface area contributed by atoms with Crippen molar-refractivity contribution < 1.29 is 0 Å². The van der Waals surface area contributed by atoms with Gasteiger partial charge >= 0.3 is 0 Å². The van der Waals surface area contributed by atoms with Crippen LogP contribution in [0.2, 0.25) is 0 Å². The van der Waals surface area contributed by atoms with Crippen LogP contribution in [0.25, 0.3) is 0 Å². The lowest BCUT2D eigenvalue weighted by atomic mass is 10.5. The van der Waals surface area contributed by atoms with E-state index in [1.54, 1.807) is 0 Å². The second kappa shape index (κ2) is 11.4. The number of aromatic nitrogens is 3. The van der Waals surface area contributed by atoms with Gasteiger partial charge in [0, 0.05) is 63.3 Å². The molecule has 0 saturated carbocycles. The summed E-state index contributed by atoms with van der Waals surface area (Å²) in [6.07, 6.45) is 0. The zero-order valence-electron chi connectivity index (χ0n) is 13.6. The minimum atomic E-state index is 0.647. The molecule has 10 heteroatoms. The fourth-order valence-electron chi connectivity index (χ4n) is 1.88. The Bertz CT molecular complexity index is 428. The molecule has 0 fully saturated rings. The van der Waals surface area contributed by atoms with E-state index in [0.29, 0.717) is 17.8 Å². The number of hydrogen-bond donors (Lipinski definition) is 4. The normalized spacial score (nSPS) is 10.7. The van der Waals surface area contributed by atoms with E-state index in [1.165, 1.54) is 0 Å². The third kappa shape index (κ3) is 6.67. The lowest BCUT2D eigenvalue weighted by molar-refractivity contribution is 0.791. The fraction of sp³-hybridized carbons (Fsp3) is 0.769. The average molecular weight is 395 g/mol. The van der Waals surface area contributed by atoms with E-state index in [-0.39, 0.29) is 0 Å². The summed E-state index contributed by atoms with van der Waals surface area (Å²) in [5.41, 5.74) is 0. The Labute approximate surface area is 161 Å². The van der Waals surface area contributed by atoms with Gasteiger partial charge in [-0.05, 0) is 0 Å². The highest BCUT2D eigenvalue weighted by molar-refractivity contribution is 7.80. The topological polar surface area (TPSA) is 48.4 Å². The molecule has 132 valence electrons. The van der Waals surface area contributed by atoms with Gasteiger partial charge in [-0.2, -0.15) is 65.5 Å². The van der Waals surface area contributed by atoms with E-state index >= 15 is 0 Å². The second-order valence-electron chi connectivity index (χ2n) is 4.96. The molecular weight excluding hydrogens is 368 g/mol. The van der Waals surface area contributed by atoms with Crippen LogP contribution < -0.4 is 14.7 Å². The van der Waals surface area contributed by atoms with Gasteiger partial charge in [-0.3, -0.25) is 0 Å². The summed E-state index contributed by atoms with van der Waals surface area (Å²) in [5.74, 6) is 4.87. The molecule has 0 amide bonds. The summed E-state index contributed by atoms with van der Waals surface area (Å²) in [4.78, 5) is 19.8. The minimum absolute atomic E-state index is 0.647. The van der Waals surface area contributed by atoms with Crippen LogP contribution in [-0.4, -0.2) is 78.2 Å². The number of thiol groups is 4. The monoisotopic (exact) mass is 394 g/mol. The molecule has 0 saturated heterocycles. The fourth-order valence-corrected chi connectivity index (χ4v) is 2.96. The van der Waals surface area contributed by atoms with Crippen molar-refractivity contribution >= 4 is 68.4 Å². The highest BCUT2D eigenvalue weighted by Gasteiger charge is 2.16. The van der Waals surface area contributed by atoms with E-state index in [2.05, 4.69) is 70.4 Å². The van der Waals surface area contributed by atoms with Gasteiger partial charge in [-0.25, -0.2) is 0 Å². The van der Waals surface area contributed by atoms with Crippen LogP contribution in [0.15, 0.2) is 0 Å². The quantitative estimate of drug-likeness (QED) is 0.424. The first kappa shape index (κ1) is 20.9. The molecule has 0 bridgehead atoms. The van der Waals surface area contributed by atoms with Gasteiger partial charge in [0.25, 0.3) is 0 Å². The van der Waals surface area contributed by atoms with E-state index in [0.717, 1.165) is 49.2 Å². The maximum absolute atomic E-state index is 4.61. The average Bonchev–Trinajstić information content (AvgIpc) is 2.54. The van der Waals surface area contributed by atoms with Gasteiger partial charge in [0.15, 0.2) is 0 Å². The van der Waals surface area contributed by atoms with Crippen LogP contribution in [0.1, 0.15) is 0 Å². The molecule has 1 aromatic heterocycles. The molecule has 6 nitrogen and oxygen atoms in total.